The minimum Gasteiger partial charge on any atom is -0.467 e. The largest absolute Gasteiger partial charge is 0.467 e. The maximum Gasteiger partial charge on any atom is 0.321 e. The zero-order chi connectivity index (χ0) is 8.97. The van der Waals surface area contributed by atoms with E-state index in [0.717, 1.165) is 0 Å². The van der Waals surface area contributed by atoms with Gasteiger partial charge < -0.3 is 10.5 Å². The van der Waals surface area contributed by atoms with Crippen LogP contribution in [-0.2, 0) is 0 Å². The summed E-state index contributed by atoms with van der Waals surface area (Å²) < 4.78 is 4.66. The van der Waals surface area contributed by atoms with Gasteiger partial charge in [0.25, 0.3) is 0 Å². The molecule has 1 aromatic rings. The molecule has 0 radical (unpaired) electrons. The fraction of sp³-hybridized carbons (Fsp3) is 0.250. The molecule has 0 saturated heterocycles. The van der Waals surface area contributed by atoms with Crippen LogP contribution in [0, 0.1) is 0 Å². The molecule has 1 heterocycles. The SMILES string of the molecule is COc1nc(N)nc(N=[N+]=[N-])n1. The van der Waals surface area contributed by atoms with Gasteiger partial charge in [-0.25, -0.2) is 0 Å². The summed E-state index contributed by atoms with van der Waals surface area (Å²) >= 11 is 0. The van der Waals surface area contributed by atoms with Crippen LogP contribution < -0.4 is 10.5 Å². The molecule has 1 rings (SSSR count). The number of methoxy groups -OCH3 is 1. The molecular formula is C4H5N7O. The highest BCUT2D eigenvalue weighted by molar-refractivity contribution is 5.27. The maximum absolute atomic E-state index is 8.05. The molecule has 0 saturated carbocycles. The monoisotopic (exact) mass is 167 g/mol. The van der Waals surface area contributed by atoms with Crippen LogP contribution in [0.15, 0.2) is 5.11 Å². The molecule has 62 valence electrons. The van der Waals surface area contributed by atoms with Crippen LogP contribution in [0.25, 0.3) is 10.4 Å². The van der Waals surface area contributed by atoms with Crippen molar-refractivity contribution in [2.75, 3.05) is 12.8 Å². The molecular weight excluding hydrogens is 162 g/mol. The summed E-state index contributed by atoms with van der Waals surface area (Å²) in [6.45, 7) is 0. The van der Waals surface area contributed by atoms with Crippen molar-refractivity contribution < 1.29 is 4.74 Å². The minimum absolute atomic E-state index is 0.0184. The van der Waals surface area contributed by atoms with Gasteiger partial charge in [0.05, 0.1) is 7.11 Å². The molecule has 0 atom stereocenters. The van der Waals surface area contributed by atoms with Gasteiger partial charge in [0.1, 0.15) is 0 Å². The average Bonchev–Trinajstić information content (AvgIpc) is 2.04. The molecule has 0 amide bonds. The Kier molecular flexibility index (Phi) is 2.24. The van der Waals surface area contributed by atoms with Crippen molar-refractivity contribution in [1.82, 2.24) is 15.0 Å². The normalized spacial score (nSPS) is 8.75. The first-order valence-corrected chi connectivity index (χ1v) is 2.87. The van der Waals surface area contributed by atoms with Gasteiger partial charge in [0.2, 0.25) is 11.9 Å². The van der Waals surface area contributed by atoms with Gasteiger partial charge in [-0.3, -0.25) is 0 Å². The zero-order valence-electron chi connectivity index (χ0n) is 6.17. The Morgan fingerprint density at radius 1 is 1.50 bits per heavy atom. The third-order valence-corrected chi connectivity index (χ3v) is 0.937. The summed E-state index contributed by atoms with van der Waals surface area (Å²) in [5.41, 5.74) is 13.3. The summed E-state index contributed by atoms with van der Waals surface area (Å²) in [7, 11) is 1.37. The first kappa shape index (κ1) is 8.02. The molecule has 0 bridgehead atoms. The number of hydrogen-bond donors (Lipinski definition) is 1. The Labute approximate surface area is 67.0 Å². The van der Waals surface area contributed by atoms with Gasteiger partial charge >= 0.3 is 6.01 Å². The molecule has 12 heavy (non-hydrogen) atoms. The first-order chi connectivity index (χ1) is 5.76. The smallest absolute Gasteiger partial charge is 0.321 e. The second kappa shape index (κ2) is 3.35. The van der Waals surface area contributed by atoms with Gasteiger partial charge in [0, 0.05) is 4.91 Å². The highest BCUT2D eigenvalue weighted by Gasteiger charge is 2.00. The number of hydrogen-bond acceptors (Lipinski definition) is 6. The lowest BCUT2D eigenvalue weighted by Gasteiger charge is -1.97. The highest BCUT2D eigenvalue weighted by atomic mass is 16.5. The number of nitrogens with two attached hydrogens (primary N) is 1. The number of rotatable bonds is 2. The summed E-state index contributed by atoms with van der Waals surface area (Å²) in [4.78, 5) is 13.2. The van der Waals surface area contributed by atoms with Gasteiger partial charge in [0.15, 0.2) is 0 Å². The Bertz CT molecular complexity index is 330. The van der Waals surface area contributed by atoms with E-state index in [2.05, 4.69) is 29.7 Å². The van der Waals surface area contributed by atoms with Gasteiger partial charge in [-0.05, 0) is 10.6 Å². The van der Waals surface area contributed by atoms with Crippen molar-refractivity contribution in [2.45, 2.75) is 0 Å². The number of ether oxygens (including phenoxy) is 1. The maximum atomic E-state index is 8.05. The van der Waals surface area contributed by atoms with E-state index >= 15 is 0 Å². The Morgan fingerprint density at radius 3 is 2.83 bits per heavy atom. The zero-order valence-corrected chi connectivity index (χ0v) is 6.17. The fourth-order valence-corrected chi connectivity index (χ4v) is 0.537. The van der Waals surface area contributed by atoms with Crippen molar-refractivity contribution in [3.63, 3.8) is 0 Å². The first-order valence-electron chi connectivity index (χ1n) is 2.87. The number of nitrogens with zero attached hydrogens (tertiary/aromatic N) is 6. The number of azide groups is 1. The van der Waals surface area contributed by atoms with E-state index in [0.29, 0.717) is 0 Å². The molecule has 8 heteroatoms. The van der Waals surface area contributed by atoms with E-state index in [4.69, 9.17) is 11.3 Å². The second-order valence-electron chi connectivity index (χ2n) is 1.67. The van der Waals surface area contributed by atoms with Crippen molar-refractivity contribution in [2.24, 2.45) is 5.11 Å². The van der Waals surface area contributed by atoms with Crippen molar-refractivity contribution in [3.05, 3.63) is 10.4 Å². The Balaban J connectivity index is 3.14. The third kappa shape index (κ3) is 1.70. The van der Waals surface area contributed by atoms with Crippen LogP contribution in [0.5, 0.6) is 6.01 Å². The van der Waals surface area contributed by atoms with Gasteiger partial charge in [-0.2, -0.15) is 15.0 Å². The lowest BCUT2D eigenvalue weighted by atomic mass is 10.9. The number of aromatic nitrogens is 3. The topological polar surface area (TPSA) is 123 Å². The molecule has 1 aromatic heterocycles. The molecule has 0 aliphatic carbocycles. The molecule has 0 unspecified atom stereocenters. The molecule has 8 nitrogen and oxygen atoms in total. The van der Waals surface area contributed by atoms with Gasteiger partial charge in [-0.1, -0.05) is 0 Å². The fourth-order valence-electron chi connectivity index (χ4n) is 0.537. The van der Waals surface area contributed by atoms with Crippen molar-refractivity contribution >= 4 is 11.9 Å². The van der Waals surface area contributed by atoms with Crippen molar-refractivity contribution in [1.29, 1.82) is 0 Å². The Hall–Kier alpha value is -2.08. The van der Waals surface area contributed by atoms with Crippen LogP contribution in [0.2, 0.25) is 0 Å². The van der Waals surface area contributed by atoms with E-state index in [1.165, 1.54) is 7.11 Å². The number of anilines is 1. The predicted molar refractivity (Wildman–Crippen MR) is 39.6 cm³/mol. The average molecular weight is 167 g/mol. The molecule has 0 aliphatic heterocycles. The summed E-state index contributed by atoms with van der Waals surface area (Å²) in [6.07, 6.45) is 0. The van der Waals surface area contributed by atoms with E-state index < -0.39 is 0 Å². The van der Waals surface area contributed by atoms with Crippen LogP contribution in [0.3, 0.4) is 0 Å². The van der Waals surface area contributed by atoms with Crippen LogP contribution >= 0.6 is 0 Å². The van der Waals surface area contributed by atoms with Crippen LogP contribution in [0.1, 0.15) is 0 Å². The Morgan fingerprint density at radius 2 is 2.25 bits per heavy atom. The minimum atomic E-state index is -0.109. The van der Waals surface area contributed by atoms with Crippen molar-refractivity contribution in [3.8, 4) is 6.01 Å². The standard InChI is InChI=1S/C4H5N7O/c1-12-4-8-2(5)7-3(9-4)10-11-6/h1H3,(H2,5,7,8,9). The second-order valence-corrected chi connectivity index (χ2v) is 1.67. The van der Waals surface area contributed by atoms with E-state index in [1.807, 2.05) is 0 Å². The van der Waals surface area contributed by atoms with E-state index in [-0.39, 0.29) is 17.9 Å². The van der Waals surface area contributed by atoms with Crippen LogP contribution in [0.4, 0.5) is 11.9 Å². The van der Waals surface area contributed by atoms with E-state index in [1.54, 1.807) is 0 Å². The lowest BCUT2D eigenvalue weighted by molar-refractivity contribution is 0.379. The molecule has 0 fully saturated rings. The molecule has 0 spiro atoms. The third-order valence-electron chi connectivity index (χ3n) is 0.937. The molecule has 2 N–H and O–H groups in total. The lowest BCUT2D eigenvalue weighted by Crippen LogP contribution is -1.99. The molecule has 0 aromatic carbocycles. The highest BCUT2D eigenvalue weighted by Crippen LogP contribution is 2.10. The number of nitrogen functional groups attached to an aromatic ring is 1. The van der Waals surface area contributed by atoms with E-state index in [9.17, 15) is 0 Å². The predicted octanol–water partition coefficient (Wildman–Crippen LogP) is 0.404. The summed E-state index contributed by atoms with van der Waals surface area (Å²) in [5.74, 6) is -0.161. The quantitative estimate of drug-likeness (QED) is 0.388. The molecule has 0 aliphatic rings. The summed E-state index contributed by atoms with van der Waals surface area (Å²) in [5, 5.41) is 3.13. The van der Waals surface area contributed by atoms with Gasteiger partial charge in [-0.15, -0.1) is 0 Å². The van der Waals surface area contributed by atoms with Crippen LogP contribution in [-0.4, -0.2) is 22.1 Å². The summed E-state index contributed by atoms with van der Waals surface area (Å²) in [6, 6.07) is 0.0184.